The smallest absolute Gasteiger partial charge is 0.142 e. The van der Waals surface area contributed by atoms with Crippen molar-refractivity contribution in [2.24, 2.45) is 5.41 Å². The van der Waals surface area contributed by atoms with Crippen LogP contribution in [0.3, 0.4) is 0 Å². The van der Waals surface area contributed by atoms with Crippen LogP contribution >= 0.6 is 22.6 Å². The SMILES string of the molecule is CNc1nc(C2CCC(C)(C)CC2)ncc1I. The van der Waals surface area contributed by atoms with Gasteiger partial charge in [0.05, 0.1) is 3.57 Å². The summed E-state index contributed by atoms with van der Waals surface area (Å²) < 4.78 is 1.09. The zero-order valence-electron chi connectivity index (χ0n) is 10.8. The van der Waals surface area contributed by atoms with Crippen LogP contribution in [0.4, 0.5) is 5.82 Å². The normalized spacial score (nSPS) is 20.2. The maximum atomic E-state index is 4.63. The molecule has 1 aliphatic carbocycles. The average Bonchev–Trinajstić information content (AvgIpc) is 2.30. The summed E-state index contributed by atoms with van der Waals surface area (Å²) in [6.45, 7) is 4.72. The van der Waals surface area contributed by atoms with E-state index < -0.39 is 0 Å². The third kappa shape index (κ3) is 3.09. The Morgan fingerprint density at radius 3 is 2.59 bits per heavy atom. The van der Waals surface area contributed by atoms with Gasteiger partial charge in [0, 0.05) is 19.2 Å². The van der Waals surface area contributed by atoms with Crippen LogP contribution in [0.5, 0.6) is 0 Å². The van der Waals surface area contributed by atoms with E-state index in [2.05, 4.69) is 51.7 Å². The molecule has 0 atom stereocenters. The number of hydrogen-bond acceptors (Lipinski definition) is 3. The number of nitrogens with one attached hydrogen (secondary N) is 1. The number of nitrogens with zero attached hydrogens (tertiary/aromatic N) is 2. The second-order valence-electron chi connectivity index (χ2n) is 5.61. The van der Waals surface area contributed by atoms with Crippen LogP contribution < -0.4 is 5.32 Å². The monoisotopic (exact) mass is 345 g/mol. The van der Waals surface area contributed by atoms with Gasteiger partial charge in [0.2, 0.25) is 0 Å². The molecule has 0 aromatic carbocycles. The van der Waals surface area contributed by atoms with Gasteiger partial charge in [-0.15, -0.1) is 0 Å². The van der Waals surface area contributed by atoms with Crippen LogP contribution in [0.1, 0.15) is 51.3 Å². The van der Waals surface area contributed by atoms with Crippen molar-refractivity contribution in [3.05, 3.63) is 15.6 Å². The minimum Gasteiger partial charge on any atom is -0.372 e. The molecule has 1 aliphatic rings. The van der Waals surface area contributed by atoms with Crippen molar-refractivity contribution in [1.29, 1.82) is 0 Å². The third-order valence-corrected chi connectivity index (χ3v) is 4.49. The Morgan fingerprint density at radius 2 is 2.00 bits per heavy atom. The van der Waals surface area contributed by atoms with Crippen molar-refractivity contribution in [1.82, 2.24) is 9.97 Å². The van der Waals surface area contributed by atoms with Crippen LogP contribution in [0, 0.1) is 8.99 Å². The number of anilines is 1. The van der Waals surface area contributed by atoms with Crippen molar-refractivity contribution in [2.45, 2.75) is 45.4 Å². The highest BCUT2D eigenvalue weighted by molar-refractivity contribution is 14.1. The number of rotatable bonds is 2. The number of halogens is 1. The topological polar surface area (TPSA) is 37.8 Å². The molecule has 1 fully saturated rings. The lowest BCUT2D eigenvalue weighted by atomic mass is 9.73. The zero-order chi connectivity index (χ0) is 12.5. The van der Waals surface area contributed by atoms with Gasteiger partial charge in [-0.1, -0.05) is 13.8 Å². The van der Waals surface area contributed by atoms with Gasteiger partial charge in [-0.2, -0.15) is 0 Å². The second-order valence-corrected chi connectivity index (χ2v) is 6.78. The van der Waals surface area contributed by atoms with Gasteiger partial charge in [0.25, 0.3) is 0 Å². The Hall–Kier alpha value is -0.390. The predicted molar refractivity (Wildman–Crippen MR) is 79.3 cm³/mol. The Kier molecular flexibility index (Phi) is 3.90. The lowest BCUT2D eigenvalue weighted by Gasteiger charge is -2.33. The summed E-state index contributed by atoms with van der Waals surface area (Å²) in [5.41, 5.74) is 0.505. The lowest BCUT2D eigenvalue weighted by molar-refractivity contribution is 0.221. The molecular formula is C13H20IN3. The van der Waals surface area contributed by atoms with Crippen molar-refractivity contribution in [3.8, 4) is 0 Å². The fourth-order valence-corrected chi connectivity index (χ4v) is 2.94. The van der Waals surface area contributed by atoms with E-state index in [4.69, 9.17) is 0 Å². The molecular weight excluding hydrogens is 325 g/mol. The molecule has 1 heterocycles. The average molecular weight is 345 g/mol. The fraction of sp³-hybridized carbons (Fsp3) is 0.692. The Bertz CT molecular complexity index is 394. The van der Waals surface area contributed by atoms with Crippen LogP contribution in [-0.2, 0) is 0 Å². The second kappa shape index (κ2) is 5.08. The van der Waals surface area contributed by atoms with E-state index in [9.17, 15) is 0 Å². The quantitative estimate of drug-likeness (QED) is 0.829. The third-order valence-electron chi connectivity index (χ3n) is 3.70. The van der Waals surface area contributed by atoms with Gasteiger partial charge in [0.15, 0.2) is 0 Å². The molecule has 2 rings (SSSR count). The molecule has 0 radical (unpaired) electrons. The summed E-state index contributed by atoms with van der Waals surface area (Å²) in [5, 5.41) is 3.13. The summed E-state index contributed by atoms with van der Waals surface area (Å²) in [4.78, 5) is 9.13. The standard InChI is InChI=1S/C13H20IN3/c1-13(2)6-4-9(5-7-13)11-16-8-10(14)12(15-3)17-11/h8-9H,4-7H2,1-3H3,(H,15,16,17). The number of aromatic nitrogens is 2. The van der Waals surface area contributed by atoms with E-state index in [0.717, 1.165) is 15.2 Å². The molecule has 0 spiro atoms. The molecule has 0 saturated heterocycles. The molecule has 1 aromatic heterocycles. The molecule has 4 heteroatoms. The van der Waals surface area contributed by atoms with E-state index in [0.29, 0.717) is 11.3 Å². The summed E-state index contributed by atoms with van der Waals surface area (Å²) in [6, 6.07) is 0. The first-order valence-electron chi connectivity index (χ1n) is 6.22. The Balaban J connectivity index is 2.13. The first-order chi connectivity index (χ1) is 8.02. The molecule has 1 aromatic rings. The maximum Gasteiger partial charge on any atom is 0.142 e. The predicted octanol–water partition coefficient (Wildman–Crippen LogP) is 3.81. The van der Waals surface area contributed by atoms with Gasteiger partial charge in [-0.05, 0) is 53.7 Å². The van der Waals surface area contributed by atoms with Crippen LogP contribution in [0.25, 0.3) is 0 Å². The Morgan fingerprint density at radius 1 is 1.35 bits per heavy atom. The maximum absolute atomic E-state index is 4.63. The first-order valence-corrected chi connectivity index (χ1v) is 7.30. The van der Waals surface area contributed by atoms with E-state index >= 15 is 0 Å². The molecule has 1 N–H and O–H groups in total. The summed E-state index contributed by atoms with van der Waals surface area (Å²) >= 11 is 2.27. The minimum absolute atomic E-state index is 0.505. The van der Waals surface area contributed by atoms with Crippen molar-refractivity contribution in [3.63, 3.8) is 0 Å². The van der Waals surface area contributed by atoms with E-state index in [1.54, 1.807) is 0 Å². The van der Waals surface area contributed by atoms with Gasteiger partial charge < -0.3 is 5.32 Å². The molecule has 0 aliphatic heterocycles. The fourth-order valence-electron chi connectivity index (χ4n) is 2.41. The van der Waals surface area contributed by atoms with Crippen molar-refractivity contribution < 1.29 is 0 Å². The minimum atomic E-state index is 0.505. The molecule has 0 unspecified atom stereocenters. The zero-order valence-corrected chi connectivity index (χ0v) is 12.9. The van der Waals surface area contributed by atoms with Crippen molar-refractivity contribution >= 4 is 28.4 Å². The molecule has 0 amide bonds. The van der Waals surface area contributed by atoms with Crippen LogP contribution in [-0.4, -0.2) is 17.0 Å². The lowest BCUT2D eigenvalue weighted by Crippen LogP contribution is -2.21. The van der Waals surface area contributed by atoms with E-state index in [1.165, 1.54) is 25.7 Å². The summed E-state index contributed by atoms with van der Waals surface area (Å²) in [7, 11) is 1.91. The molecule has 0 bridgehead atoms. The van der Waals surface area contributed by atoms with E-state index in [1.807, 2.05) is 13.2 Å². The van der Waals surface area contributed by atoms with E-state index in [-0.39, 0.29) is 0 Å². The highest BCUT2D eigenvalue weighted by Crippen LogP contribution is 2.41. The molecule has 17 heavy (non-hydrogen) atoms. The highest BCUT2D eigenvalue weighted by Gasteiger charge is 2.29. The van der Waals surface area contributed by atoms with Gasteiger partial charge in [-0.3, -0.25) is 0 Å². The largest absolute Gasteiger partial charge is 0.372 e. The van der Waals surface area contributed by atoms with Crippen LogP contribution in [0.2, 0.25) is 0 Å². The van der Waals surface area contributed by atoms with Gasteiger partial charge >= 0.3 is 0 Å². The molecule has 3 nitrogen and oxygen atoms in total. The summed E-state index contributed by atoms with van der Waals surface area (Å²) in [5.74, 6) is 2.53. The van der Waals surface area contributed by atoms with Gasteiger partial charge in [0.1, 0.15) is 11.6 Å². The first kappa shape index (κ1) is 13.1. The Labute approximate surface area is 117 Å². The summed E-state index contributed by atoms with van der Waals surface area (Å²) in [6.07, 6.45) is 6.92. The molecule has 94 valence electrons. The van der Waals surface area contributed by atoms with Crippen LogP contribution in [0.15, 0.2) is 6.20 Å². The molecule has 1 saturated carbocycles. The number of hydrogen-bond donors (Lipinski definition) is 1. The van der Waals surface area contributed by atoms with Crippen molar-refractivity contribution in [2.75, 3.05) is 12.4 Å². The highest BCUT2D eigenvalue weighted by atomic mass is 127. The van der Waals surface area contributed by atoms with Gasteiger partial charge in [-0.25, -0.2) is 9.97 Å².